The van der Waals surface area contributed by atoms with Crippen molar-refractivity contribution in [1.82, 2.24) is 0 Å². The predicted octanol–water partition coefficient (Wildman–Crippen LogP) is 3.44. The summed E-state index contributed by atoms with van der Waals surface area (Å²) < 4.78 is 0.642. The molecular weight excluding hydrogens is 322 g/mol. The van der Waals surface area contributed by atoms with E-state index in [1.807, 2.05) is 0 Å². The standard InChI is InChI=1S/C15H12BrNO3/c1-9-10(2)14(18)8-7-13(9)17-20-15(19)11-5-3-4-6-12(11)16/h3-8H,1-2H3/b17-13-. The molecule has 1 aromatic rings. The number of rotatable bonds is 2. The molecule has 0 unspecified atom stereocenters. The quantitative estimate of drug-likeness (QED) is 0.473. The van der Waals surface area contributed by atoms with E-state index in [1.165, 1.54) is 12.2 Å². The second-order valence-electron chi connectivity index (χ2n) is 4.28. The lowest BCUT2D eigenvalue weighted by atomic mass is 9.97. The van der Waals surface area contributed by atoms with Crippen LogP contribution in [0, 0.1) is 0 Å². The van der Waals surface area contributed by atoms with Gasteiger partial charge < -0.3 is 4.84 Å². The molecule has 0 atom stereocenters. The summed E-state index contributed by atoms with van der Waals surface area (Å²) in [5.74, 6) is -0.612. The van der Waals surface area contributed by atoms with E-state index in [-0.39, 0.29) is 5.78 Å². The minimum Gasteiger partial charge on any atom is -0.312 e. The molecule has 20 heavy (non-hydrogen) atoms. The summed E-state index contributed by atoms with van der Waals surface area (Å²) in [6.45, 7) is 3.48. The Bertz CT molecular complexity index is 671. The largest absolute Gasteiger partial charge is 0.366 e. The molecule has 0 saturated heterocycles. The molecule has 1 aromatic carbocycles. The smallest absolute Gasteiger partial charge is 0.312 e. The Morgan fingerprint density at radius 1 is 1.15 bits per heavy atom. The van der Waals surface area contributed by atoms with Gasteiger partial charge in [0, 0.05) is 10.0 Å². The molecule has 1 aliphatic rings. The highest BCUT2D eigenvalue weighted by Gasteiger charge is 2.16. The minimum absolute atomic E-state index is 0.0569. The second-order valence-corrected chi connectivity index (χ2v) is 5.14. The number of carbonyl (C=O) groups is 2. The van der Waals surface area contributed by atoms with Crippen LogP contribution in [0.3, 0.4) is 0 Å². The highest BCUT2D eigenvalue weighted by molar-refractivity contribution is 9.10. The third kappa shape index (κ3) is 2.93. The molecule has 0 aromatic heterocycles. The zero-order valence-electron chi connectivity index (χ0n) is 11.0. The van der Waals surface area contributed by atoms with Gasteiger partial charge in [-0.05, 0) is 59.6 Å². The molecule has 0 amide bonds. The number of ketones is 1. The van der Waals surface area contributed by atoms with E-state index in [2.05, 4.69) is 21.1 Å². The molecule has 0 saturated carbocycles. The van der Waals surface area contributed by atoms with Crippen molar-refractivity contribution in [3.05, 3.63) is 57.6 Å². The monoisotopic (exact) mass is 333 g/mol. The summed E-state index contributed by atoms with van der Waals surface area (Å²) in [6, 6.07) is 6.93. The molecule has 102 valence electrons. The Hall–Kier alpha value is -2.01. The van der Waals surface area contributed by atoms with Gasteiger partial charge in [-0.1, -0.05) is 17.3 Å². The van der Waals surface area contributed by atoms with Crippen molar-refractivity contribution in [3.8, 4) is 0 Å². The average Bonchev–Trinajstić information content (AvgIpc) is 2.44. The van der Waals surface area contributed by atoms with E-state index in [1.54, 1.807) is 38.1 Å². The fourth-order valence-electron chi connectivity index (χ4n) is 1.65. The first-order valence-corrected chi connectivity index (χ1v) is 6.74. The van der Waals surface area contributed by atoms with Gasteiger partial charge in [0.05, 0.1) is 5.56 Å². The Morgan fingerprint density at radius 2 is 1.85 bits per heavy atom. The molecule has 0 aliphatic heterocycles. The Kier molecular flexibility index (Phi) is 4.29. The second kappa shape index (κ2) is 5.96. The van der Waals surface area contributed by atoms with Crippen LogP contribution in [0.15, 0.2) is 57.2 Å². The van der Waals surface area contributed by atoms with Gasteiger partial charge in [0.2, 0.25) is 0 Å². The normalized spacial score (nSPS) is 16.8. The topological polar surface area (TPSA) is 55.7 Å². The van der Waals surface area contributed by atoms with Gasteiger partial charge in [-0.2, -0.15) is 0 Å². The first kappa shape index (κ1) is 14.4. The summed E-state index contributed by atoms with van der Waals surface area (Å²) in [6.07, 6.45) is 2.95. The Labute approximate surface area is 124 Å². The van der Waals surface area contributed by atoms with Crippen molar-refractivity contribution in [2.24, 2.45) is 5.16 Å². The van der Waals surface area contributed by atoms with E-state index in [0.717, 1.165) is 0 Å². The maximum absolute atomic E-state index is 11.9. The SMILES string of the molecule is CC1=C(C)/C(=N\OC(=O)c2ccccc2Br)C=CC1=O. The van der Waals surface area contributed by atoms with Crippen molar-refractivity contribution in [3.63, 3.8) is 0 Å². The van der Waals surface area contributed by atoms with Gasteiger partial charge in [-0.3, -0.25) is 4.79 Å². The lowest BCUT2D eigenvalue weighted by molar-refractivity contribution is -0.111. The molecule has 5 heteroatoms. The van der Waals surface area contributed by atoms with Crippen molar-refractivity contribution in [2.75, 3.05) is 0 Å². The highest BCUT2D eigenvalue weighted by Crippen LogP contribution is 2.18. The molecule has 4 nitrogen and oxygen atoms in total. The molecule has 0 bridgehead atoms. The van der Waals surface area contributed by atoms with E-state index < -0.39 is 5.97 Å². The molecule has 0 radical (unpaired) electrons. The number of oxime groups is 1. The number of halogens is 1. The van der Waals surface area contributed by atoms with Crippen molar-refractivity contribution in [1.29, 1.82) is 0 Å². The fourth-order valence-corrected chi connectivity index (χ4v) is 2.09. The summed E-state index contributed by atoms with van der Waals surface area (Å²) in [7, 11) is 0. The van der Waals surface area contributed by atoms with Crippen molar-refractivity contribution < 1.29 is 14.4 Å². The lowest BCUT2D eigenvalue weighted by Crippen LogP contribution is -2.12. The van der Waals surface area contributed by atoms with Crippen LogP contribution in [0.5, 0.6) is 0 Å². The maximum atomic E-state index is 11.9. The van der Waals surface area contributed by atoms with E-state index in [4.69, 9.17) is 4.84 Å². The summed E-state index contributed by atoms with van der Waals surface area (Å²) >= 11 is 3.27. The first-order valence-electron chi connectivity index (χ1n) is 5.95. The molecular formula is C15H12BrNO3. The van der Waals surface area contributed by atoms with Crippen molar-refractivity contribution >= 4 is 33.4 Å². The van der Waals surface area contributed by atoms with Gasteiger partial charge in [-0.25, -0.2) is 4.79 Å². The fraction of sp³-hybridized carbons (Fsp3) is 0.133. The zero-order valence-corrected chi connectivity index (χ0v) is 12.6. The van der Waals surface area contributed by atoms with Crippen LogP contribution in [0.25, 0.3) is 0 Å². The third-order valence-electron chi connectivity index (χ3n) is 3.03. The highest BCUT2D eigenvalue weighted by atomic mass is 79.9. The van der Waals surface area contributed by atoms with E-state index >= 15 is 0 Å². The molecule has 0 N–H and O–H groups in total. The summed E-state index contributed by atoms with van der Waals surface area (Å²) in [4.78, 5) is 28.3. The molecule has 0 fully saturated rings. The maximum Gasteiger partial charge on any atom is 0.366 e. The van der Waals surface area contributed by atoms with Crippen LogP contribution in [0.4, 0.5) is 0 Å². The van der Waals surface area contributed by atoms with Crippen LogP contribution in [-0.4, -0.2) is 17.5 Å². The minimum atomic E-state index is -0.555. The zero-order chi connectivity index (χ0) is 14.7. The molecule has 1 aliphatic carbocycles. The van der Waals surface area contributed by atoms with Crippen LogP contribution in [0.2, 0.25) is 0 Å². The predicted molar refractivity (Wildman–Crippen MR) is 79.5 cm³/mol. The van der Waals surface area contributed by atoms with Crippen LogP contribution >= 0.6 is 15.9 Å². The molecule has 0 spiro atoms. The Balaban J connectivity index is 2.19. The number of hydrogen-bond donors (Lipinski definition) is 0. The van der Waals surface area contributed by atoms with Gasteiger partial charge >= 0.3 is 5.97 Å². The number of hydrogen-bond acceptors (Lipinski definition) is 4. The number of nitrogens with zero attached hydrogens (tertiary/aromatic N) is 1. The molecule has 2 rings (SSSR count). The van der Waals surface area contributed by atoms with E-state index in [9.17, 15) is 9.59 Å². The van der Waals surface area contributed by atoms with Crippen LogP contribution < -0.4 is 0 Å². The van der Waals surface area contributed by atoms with Gasteiger partial charge in [0.15, 0.2) is 5.78 Å². The van der Waals surface area contributed by atoms with Crippen LogP contribution in [0.1, 0.15) is 24.2 Å². The number of benzene rings is 1. The lowest BCUT2D eigenvalue weighted by Gasteiger charge is -2.09. The summed E-state index contributed by atoms with van der Waals surface area (Å²) in [5.41, 5.74) is 2.18. The number of carbonyl (C=O) groups excluding carboxylic acids is 2. The van der Waals surface area contributed by atoms with E-state index in [0.29, 0.717) is 26.9 Å². The van der Waals surface area contributed by atoms with Gasteiger partial charge in [0.25, 0.3) is 0 Å². The third-order valence-corrected chi connectivity index (χ3v) is 3.72. The first-order chi connectivity index (χ1) is 9.50. The van der Waals surface area contributed by atoms with Gasteiger partial charge in [0.1, 0.15) is 5.71 Å². The van der Waals surface area contributed by atoms with Crippen LogP contribution in [-0.2, 0) is 9.63 Å². The summed E-state index contributed by atoms with van der Waals surface area (Å²) in [5, 5.41) is 3.82. The van der Waals surface area contributed by atoms with Crippen molar-refractivity contribution in [2.45, 2.75) is 13.8 Å². The number of allylic oxidation sites excluding steroid dienone is 4. The van der Waals surface area contributed by atoms with Gasteiger partial charge in [-0.15, -0.1) is 0 Å². The average molecular weight is 334 g/mol. The molecule has 0 heterocycles. The Morgan fingerprint density at radius 3 is 2.55 bits per heavy atom.